The summed E-state index contributed by atoms with van der Waals surface area (Å²) < 4.78 is 1.42. The molecule has 1 aliphatic rings. The second-order valence-corrected chi connectivity index (χ2v) is 4.86. The number of thioether (sulfide) groups is 1. The van der Waals surface area contributed by atoms with Gasteiger partial charge in [-0.2, -0.15) is 0 Å². The molecule has 0 spiro atoms. The van der Waals surface area contributed by atoms with Crippen LogP contribution in [-0.4, -0.2) is 38.3 Å². The molecule has 18 heavy (non-hydrogen) atoms. The van der Waals surface area contributed by atoms with Crippen LogP contribution in [0.2, 0.25) is 0 Å². The molecule has 0 saturated carbocycles. The summed E-state index contributed by atoms with van der Waals surface area (Å²) in [5.41, 5.74) is -0.561. The lowest BCUT2D eigenvalue weighted by molar-refractivity contribution is -0.138. The molecule has 2 heterocycles. The van der Waals surface area contributed by atoms with Crippen molar-refractivity contribution in [1.82, 2.24) is 14.9 Å². The van der Waals surface area contributed by atoms with Crippen molar-refractivity contribution in [3.05, 3.63) is 22.1 Å². The highest BCUT2D eigenvalue weighted by molar-refractivity contribution is 7.99. The minimum Gasteiger partial charge on any atom is -0.480 e. The molecule has 0 fully saturated rings. The van der Waals surface area contributed by atoms with E-state index in [9.17, 15) is 14.4 Å². The fraction of sp³-hybridized carbons (Fsp3) is 0.400. The highest BCUT2D eigenvalue weighted by atomic mass is 32.2. The Bertz CT molecular complexity index is 569. The van der Waals surface area contributed by atoms with E-state index in [1.807, 2.05) is 0 Å². The fourth-order valence-corrected chi connectivity index (χ4v) is 2.42. The van der Waals surface area contributed by atoms with Crippen LogP contribution in [0.1, 0.15) is 17.3 Å². The molecule has 1 unspecified atom stereocenters. The maximum Gasteiger partial charge on any atom is 0.325 e. The lowest BCUT2D eigenvalue weighted by Gasteiger charge is -2.09. The second-order valence-electron chi connectivity index (χ2n) is 3.79. The van der Waals surface area contributed by atoms with E-state index in [2.05, 4.69) is 10.3 Å². The van der Waals surface area contributed by atoms with Crippen LogP contribution in [0.15, 0.2) is 16.1 Å². The van der Waals surface area contributed by atoms with Crippen LogP contribution in [0.4, 0.5) is 0 Å². The normalized spacial score (nSPS) is 14.9. The van der Waals surface area contributed by atoms with Crippen molar-refractivity contribution >= 4 is 23.6 Å². The van der Waals surface area contributed by atoms with Gasteiger partial charge in [0, 0.05) is 18.5 Å². The number of rotatable bonds is 3. The summed E-state index contributed by atoms with van der Waals surface area (Å²) in [6.07, 6.45) is 1.19. The van der Waals surface area contributed by atoms with E-state index >= 15 is 0 Å². The van der Waals surface area contributed by atoms with Gasteiger partial charge in [0.05, 0.1) is 0 Å². The van der Waals surface area contributed by atoms with Gasteiger partial charge in [-0.15, -0.1) is 0 Å². The topological polar surface area (TPSA) is 101 Å². The molecule has 1 amide bonds. The Balaban J connectivity index is 2.27. The Morgan fingerprint density at radius 1 is 1.61 bits per heavy atom. The molecule has 0 aliphatic carbocycles. The van der Waals surface area contributed by atoms with E-state index in [0.29, 0.717) is 11.7 Å². The first-order chi connectivity index (χ1) is 8.50. The van der Waals surface area contributed by atoms with E-state index in [0.717, 1.165) is 5.75 Å². The average Bonchev–Trinajstić information content (AvgIpc) is 2.78. The van der Waals surface area contributed by atoms with Gasteiger partial charge in [0.25, 0.3) is 11.5 Å². The van der Waals surface area contributed by atoms with E-state index in [-0.39, 0.29) is 5.56 Å². The first-order valence-corrected chi connectivity index (χ1v) is 6.25. The van der Waals surface area contributed by atoms with Gasteiger partial charge in [0.2, 0.25) is 0 Å². The lowest BCUT2D eigenvalue weighted by atomic mass is 10.2. The molecule has 2 rings (SSSR count). The summed E-state index contributed by atoms with van der Waals surface area (Å²) in [6.45, 7) is 1.84. The van der Waals surface area contributed by atoms with Crippen LogP contribution in [0.5, 0.6) is 0 Å². The maximum absolute atomic E-state index is 12.0. The average molecular weight is 269 g/mol. The predicted octanol–water partition coefficient (Wildman–Crippen LogP) is -0.448. The molecule has 1 aliphatic heterocycles. The molecule has 1 aromatic heterocycles. The molecule has 1 atom stereocenters. The van der Waals surface area contributed by atoms with E-state index in [4.69, 9.17) is 5.11 Å². The van der Waals surface area contributed by atoms with Crippen LogP contribution < -0.4 is 10.9 Å². The molecule has 0 radical (unpaired) electrons. The smallest absolute Gasteiger partial charge is 0.325 e. The monoisotopic (exact) mass is 269 g/mol. The number of carboxylic acid groups (broad SMARTS) is 1. The van der Waals surface area contributed by atoms with Crippen molar-refractivity contribution in [2.75, 3.05) is 5.75 Å². The number of hydrogen-bond donors (Lipinski definition) is 2. The van der Waals surface area contributed by atoms with Crippen LogP contribution in [0, 0.1) is 0 Å². The van der Waals surface area contributed by atoms with E-state index < -0.39 is 23.5 Å². The van der Waals surface area contributed by atoms with Crippen molar-refractivity contribution in [2.45, 2.75) is 24.7 Å². The number of carbonyl (C=O) groups is 2. The summed E-state index contributed by atoms with van der Waals surface area (Å²) in [7, 11) is 0. The quantitative estimate of drug-likeness (QED) is 0.721. The van der Waals surface area contributed by atoms with E-state index in [1.54, 1.807) is 0 Å². The second kappa shape index (κ2) is 4.81. The highest BCUT2D eigenvalue weighted by Gasteiger charge is 2.22. The molecule has 96 valence electrons. The summed E-state index contributed by atoms with van der Waals surface area (Å²) in [6, 6.07) is -1.05. The minimum atomic E-state index is -1.16. The minimum absolute atomic E-state index is 0.130. The number of fused-ring (bicyclic) bond motifs is 1. The zero-order chi connectivity index (χ0) is 13.3. The maximum atomic E-state index is 12.0. The molecule has 0 aromatic carbocycles. The number of carboxylic acids is 1. The van der Waals surface area contributed by atoms with Crippen LogP contribution in [0.3, 0.4) is 0 Å². The van der Waals surface area contributed by atoms with Gasteiger partial charge in [0.1, 0.15) is 11.6 Å². The van der Waals surface area contributed by atoms with Crippen molar-refractivity contribution in [3.8, 4) is 0 Å². The lowest BCUT2D eigenvalue weighted by Crippen LogP contribution is -2.41. The Kier molecular flexibility index (Phi) is 3.37. The van der Waals surface area contributed by atoms with Crippen molar-refractivity contribution in [3.63, 3.8) is 0 Å². The molecule has 0 bridgehead atoms. The SMILES string of the molecule is CC(NC(=O)c1cnc2n(c1=O)CCS2)C(=O)O. The Labute approximate surface area is 106 Å². The van der Waals surface area contributed by atoms with Gasteiger partial charge in [0.15, 0.2) is 5.16 Å². The Morgan fingerprint density at radius 3 is 3.00 bits per heavy atom. The van der Waals surface area contributed by atoms with E-state index in [1.165, 1.54) is 29.4 Å². The van der Waals surface area contributed by atoms with Gasteiger partial charge in [-0.1, -0.05) is 11.8 Å². The molecule has 2 N–H and O–H groups in total. The van der Waals surface area contributed by atoms with Crippen LogP contribution in [0.25, 0.3) is 0 Å². The van der Waals surface area contributed by atoms with Gasteiger partial charge in [-0.05, 0) is 6.92 Å². The number of hydrogen-bond acceptors (Lipinski definition) is 5. The van der Waals surface area contributed by atoms with Gasteiger partial charge in [-0.25, -0.2) is 4.98 Å². The van der Waals surface area contributed by atoms with Gasteiger partial charge >= 0.3 is 5.97 Å². The first-order valence-electron chi connectivity index (χ1n) is 5.27. The van der Waals surface area contributed by atoms with Gasteiger partial charge < -0.3 is 10.4 Å². The van der Waals surface area contributed by atoms with Gasteiger partial charge in [-0.3, -0.25) is 19.0 Å². The number of nitrogens with zero attached hydrogens (tertiary/aromatic N) is 2. The Hall–Kier alpha value is -1.83. The summed E-state index contributed by atoms with van der Waals surface area (Å²) in [4.78, 5) is 38.3. The molecule has 1 aromatic rings. The molecule has 8 heteroatoms. The third-order valence-electron chi connectivity index (χ3n) is 2.52. The third-order valence-corrected chi connectivity index (χ3v) is 3.49. The number of carbonyl (C=O) groups excluding carboxylic acids is 1. The zero-order valence-corrected chi connectivity index (χ0v) is 10.4. The third kappa shape index (κ3) is 2.23. The van der Waals surface area contributed by atoms with Crippen LogP contribution in [-0.2, 0) is 11.3 Å². The van der Waals surface area contributed by atoms with Crippen molar-refractivity contribution < 1.29 is 14.7 Å². The number of nitrogens with one attached hydrogen (secondary N) is 1. The zero-order valence-electron chi connectivity index (χ0n) is 9.54. The summed E-state index contributed by atoms with van der Waals surface area (Å²) in [5, 5.41) is 11.5. The predicted molar refractivity (Wildman–Crippen MR) is 63.8 cm³/mol. The molecular weight excluding hydrogens is 258 g/mol. The van der Waals surface area contributed by atoms with Crippen molar-refractivity contribution in [2.24, 2.45) is 0 Å². The van der Waals surface area contributed by atoms with Crippen LogP contribution >= 0.6 is 11.8 Å². The van der Waals surface area contributed by atoms with Crippen molar-refractivity contribution in [1.29, 1.82) is 0 Å². The largest absolute Gasteiger partial charge is 0.480 e. The molecular formula is C10H11N3O4S. The standard InChI is InChI=1S/C10H11N3O4S/c1-5(9(16)17)12-7(14)6-4-11-10-13(8(6)15)2-3-18-10/h4-5H,2-3H2,1H3,(H,12,14)(H,16,17). The summed E-state index contributed by atoms with van der Waals surface area (Å²) in [5.74, 6) is -1.12. The first kappa shape index (κ1) is 12.6. The number of aliphatic carboxylic acids is 1. The molecule has 7 nitrogen and oxygen atoms in total. The Morgan fingerprint density at radius 2 is 2.33 bits per heavy atom. The fourth-order valence-electron chi connectivity index (χ4n) is 1.51. The number of aromatic nitrogens is 2. The summed E-state index contributed by atoms with van der Waals surface area (Å²) >= 11 is 1.45. The molecule has 0 saturated heterocycles. The highest BCUT2D eigenvalue weighted by Crippen LogP contribution is 2.20. The number of amides is 1.